The molecule has 0 aliphatic carbocycles. The average molecular weight is 382 g/mol. The second-order valence-corrected chi connectivity index (χ2v) is 5.66. The van der Waals surface area contributed by atoms with Gasteiger partial charge in [-0.1, -0.05) is 12.1 Å². The first-order chi connectivity index (χ1) is 9.63. The highest BCUT2D eigenvalue weighted by Gasteiger charge is 2.09. The lowest BCUT2D eigenvalue weighted by Gasteiger charge is -2.15. The Bertz CT molecular complexity index is 756. The second-order valence-electron chi connectivity index (χ2n) is 4.49. The van der Waals surface area contributed by atoms with Gasteiger partial charge in [0, 0.05) is 6.20 Å². The van der Waals surface area contributed by atoms with Crippen molar-refractivity contribution in [2.45, 2.75) is 13.0 Å². The minimum Gasteiger partial charge on any atom is -0.363 e. The van der Waals surface area contributed by atoms with E-state index < -0.39 is 0 Å². The van der Waals surface area contributed by atoms with Crippen LogP contribution in [-0.4, -0.2) is 14.6 Å². The molecule has 1 atom stereocenters. The van der Waals surface area contributed by atoms with E-state index >= 15 is 0 Å². The summed E-state index contributed by atoms with van der Waals surface area (Å²) < 4.78 is 15.9. The second kappa shape index (κ2) is 5.35. The van der Waals surface area contributed by atoms with Crippen LogP contribution < -0.4 is 5.32 Å². The number of benzene rings is 1. The van der Waals surface area contributed by atoms with E-state index in [0.717, 1.165) is 20.6 Å². The molecule has 0 spiro atoms. The molecule has 1 aromatic carbocycles. The molecule has 4 nitrogen and oxygen atoms in total. The number of hydrogen-bond acceptors (Lipinski definition) is 3. The summed E-state index contributed by atoms with van der Waals surface area (Å²) in [4.78, 5) is 4.51. The fraction of sp³-hybridized carbons (Fsp3) is 0.143. The molecule has 0 saturated heterocycles. The molecule has 1 unspecified atom stereocenters. The Balaban J connectivity index is 1.86. The van der Waals surface area contributed by atoms with Crippen LogP contribution >= 0.6 is 22.6 Å². The highest BCUT2D eigenvalue weighted by molar-refractivity contribution is 14.1. The van der Waals surface area contributed by atoms with Gasteiger partial charge in [-0.25, -0.2) is 13.9 Å². The zero-order valence-corrected chi connectivity index (χ0v) is 12.9. The Labute approximate surface area is 129 Å². The standard InChI is InChI=1S/C14H12FIN4/c1-9(10-3-2-4-11(15)7-10)18-13-5-6-20-14(19-13)12(16)8-17-20/h2-9H,1H3,(H,18,19). The van der Waals surface area contributed by atoms with Gasteiger partial charge >= 0.3 is 0 Å². The molecule has 3 rings (SSSR count). The van der Waals surface area contributed by atoms with Gasteiger partial charge < -0.3 is 5.32 Å². The molecule has 0 saturated carbocycles. The van der Waals surface area contributed by atoms with E-state index in [1.54, 1.807) is 16.8 Å². The van der Waals surface area contributed by atoms with Crippen molar-refractivity contribution in [1.29, 1.82) is 0 Å². The zero-order valence-electron chi connectivity index (χ0n) is 10.7. The summed E-state index contributed by atoms with van der Waals surface area (Å²) in [6, 6.07) is 8.39. The number of hydrogen-bond donors (Lipinski definition) is 1. The van der Waals surface area contributed by atoms with Gasteiger partial charge in [0.1, 0.15) is 11.6 Å². The summed E-state index contributed by atoms with van der Waals surface area (Å²) in [5, 5.41) is 7.45. The Morgan fingerprint density at radius 1 is 1.35 bits per heavy atom. The molecule has 0 aliphatic rings. The molecule has 6 heteroatoms. The summed E-state index contributed by atoms with van der Waals surface area (Å²) in [6.07, 6.45) is 3.62. The van der Waals surface area contributed by atoms with Crippen molar-refractivity contribution < 1.29 is 4.39 Å². The van der Waals surface area contributed by atoms with E-state index in [1.807, 2.05) is 25.3 Å². The van der Waals surface area contributed by atoms with Gasteiger partial charge in [0.25, 0.3) is 0 Å². The van der Waals surface area contributed by atoms with Gasteiger partial charge in [0.15, 0.2) is 5.65 Å². The highest BCUT2D eigenvalue weighted by Crippen LogP contribution is 2.20. The molecule has 0 radical (unpaired) electrons. The quantitative estimate of drug-likeness (QED) is 0.704. The van der Waals surface area contributed by atoms with Crippen LogP contribution in [0.2, 0.25) is 0 Å². The number of anilines is 1. The topological polar surface area (TPSA) is 42.2 Å². The van der Waals surface area contributed by atoms with E-state index in [4.69, 9.17) is 0 Å². The lowest BCUT2D eigenvalue weighted by molar-refractivity contribution is 0.623. The molecule has 2 aromatic heterocycles. The van der Waals surface area contributed by atoms with Gasteiger partial charge in [-0.15, -0.1) is 0 Å². The zero-order chi connectivity index (χ0) is 14.1. The van der Waals surface area contributed by atoms with Crippen molar-refractivity contribution in [3.05, 3.63) is 57.7 Å². The van der Waals surface area contributed by atoms with Gasteiger partial charge in [-0.05, 0) is 53.3 Å². The van der Waals surface area contributed by atoms with Crippen molar-refractivity contribution in [3.8, 4) is 0 Å². The van der Waals surface area contributed by atoms with E-state index in [9.17, 15) is 4.39 Å². The van der Waals surface area contributed by atoms with Crippen molar-refractivity contribution in [2.75, 3.05) is 5.32 Å². The predicted octanol–water partition coefficient (Wildman–Crippen LogP) is 3.65. The van der Waals surface area contributed by atoms with Gasteiger partial charge in [-0.3, -0.25) is 0 Å². The normalized spacial score (nSPS) is 12.6. The van der Waals surface area contributed by atoms with Crippen molar-refractivity contribution >= 4 is 34.1 Å². The molecule has 20 heavy (non-hydrogen) atoms. The van der Waals surface area contributed by atoms with Crippen LogP contribution in [0.3, 0.4) is 0 Å². The predicted molar refractivity (Wildman–Crippen MR) is 84.1 cm³/mol. The van der Waals surface area contributed by atoms with Gasteiger partial charge in [-0.2, -0.15) is 5.10 Å². The number of rotatable bonds is 3. The summed E-state index contributed by atoms with van der Waals surface area (Å²) in [6.45, 7) is 1.97. The molecular weight excluding hydrogens is 370 g/mol. The maximum Gasteiger partial charge on any atom is 0.170 e. The molecule has 2 heterocycles. The maximum atomic E-state index is 13.2. The first-order valence-corrected chi connectivity index (χ1v) is 7.23. The van der Waals surface area contributed by atoms with Crippen LogP contribution in [-0.2, 0) is 0 Å². The first kappa shape index (κ1) is 13.3. The number of aromatic nitrogens is 3. The Hall–Kier alpha value is -1.70. The smallest absolute Gasteiger partial charge is 0.170 e. The van der Waals surface area contributed by atoms with E-state index in [2.05, 4.69) is 38.0 Å². The van der Waals surface area contributed by atoms with Crippen LogP contribution in [0.15, 0.2) is 42.7 Å². The number of nitrogens with zero attached hydrogens (tertiary/aromatic N) is 3. The average Bonchev–Trinajstić information content (AvgIpc) is 2.80. The van der Waals surface area contributed by atoms with Crippen molar-refractivity contribution in [1.82, 2.24) is 14.6 Å². The molecule has 3 aromatic rings. The van der Waals surface area contributed by atoms with Crippen LogP contribution in [0, 0.1) is 9.39 Å². The van der Waals surface area contributed by atoms with Crippen molar-refractivity contribution in [3.63, 3.8) is 0 Å². The van der Waals surface area contributed by atoms with Crippen LogP contribution in [0.1, 0.15) is 18.5 Å². The maximum absolute atomic E-state index is 13.2. The molecule has 0 bridgehead atoms. The fourth-order valence-electron chi connectivity index (χ4n) is 2.00. The minimum atomic E-state index is -0.232. The molecule has 0 amide bonds. The number of nitrogens with one attached hydrogen (secondary N) is 1. The summed E-state index contributed by atoms with van der Waals surface area (Å²) in [5.41, 5.74) is 1.69. The third-order valence-corrected chi connectivity index (χ3v) is 3.80. The van der Waals surface area contributed by atoms with Crippen LogP contribution in [0.5, 0.6) is 0 Å². The molecular formula is C14H12FIN4. The lowest BCUT2D eigenvalue weighted by Crippen LogP contribution is -2.08. The SMILES string of the molecule is CC(Nc1ccn2ncc(I)c2n1)c1cccc(F)c1. The molecule has 0 fully saturated rings. The van der Waals surface area contributed by atoms with E-state index in [0.29, 0.717) is 0 Å². The Kier molecular flexibility index (Phi) is 3.56. The summed E-state index contributed by atoms with van der Waals surface area (Å²) in [5.74, 6) is 0.512. The molecule has 0 aliphatic heterocycles. The monoisotopic (exact) mass is 382 g/mol. The summed E-state index contributed by atoms with van der Waals surface area (Å²) >= 11 is 2.20. The lowest BCUT2D eigenvalue weighted by atomic mass is 10.1. The highest BCUT2D eigenvalue weighted by atomic mass is 127. The number of halogens is 2. The Morgan fingerprint density at radius 2 is 2.20 bits per heavy atom. The van der Waals surface area contributed by atoms with Crippen LogP contribution in [0.4, 0.5) is 10.2 Å². The third kappa shape index (κ3) is 2.60. The Morgan fingerprint density at radius 3 is 3.00 bits per heavy atom. The summed E-state index contributed by atoms with van der Waals surface area (Å²) in [7, 11) is 0. The molecule has 102 valence electrons. The van der Waals surface area contributed by atoms with Gasteiger partial charge in [0.2, 0.25) is 0 Å². The minimum absolute atomic E-state index is 0.0266. The van der Waals surface area contributed by atoms with E-state index in [1.165, 1.54) is 12.1 Å². The third-order valence-electron chi connectivity index (χ3n) is 3.04. The van der Waals surface area contributed by atoms with Crippen molar-refractivity contribution in [2.24, 2.45) is 0 Å². The number of fused-ring (bicyclic) bond motifs is 1. The molecule has 1 N–H and O–H groups in total. The fourth-order valence-corrected chi connectivity index (χ4v) is 2.49. The van der Waals surface area contributed by atoms with Crippen LogP contribution in [0.25, 0.3) is 5.65 Å². The van der Waals surface area contributed by atoms with Gasteiger partial charge in [0.05, 0.1) is 15.8 Å². The van der Waals surface area contributed by atoms with E-state index in [-0.39, 0.29) is 11.9 Å². The largest absolute Gasteiger partial charge is 0.363 e. The first-order valence-electron chi connectivity index (χ1n) is 6.15.